The van der Waals surface area contributed by atoms with Gasteiger partial charge in [0.25, 0.3) is 0 Å². The fourth-order valence-electron chi connectivity index (χ4n) is 2.50. The summed E-state index contributed by atoms with van der Waals surface area (Å²) in [6.07, 6.45) is 0. The van der Waals surface area contributed by atoms with Crippen LogP contribution in [0.25, 0.3) is 11.0 Å². The van der Waals surface area contributed by atoms with Gasteiger partial charge in [-0.3, -0.25) is 9.48 Å². The number of rotatable bonds is 4. The molecular formula is C16H19N5O. The van der Waals surface area contributed by atoms with Crippen molar-refractivity contribution < 1.29 is 4.79 Å². The molecule has 0 unspecified atom stereocenters. The van der Waals surface area contributed by atoms with Crippen molar-refractivity contribution in [3.05, 3.63) is 47.5 Å². The number of carbonyl (C=O) groups is 1. The van der Waals surface area contributed by atoms with E-state index < -0.39 is 0 Å². The van der Waals surface area contributed by atoms with E-state index in [0.29, 0.717) is 0 Å². The SMILES string of the molecule is Cc1cc(C)n(CC(=O)N[C@@H](C)c2nc3ccccc3[nH]2)n1. The minimum Gasteiger partial charge on any atom is -0.345 e. The first kappa shape index (κ1) is 14.3. The molecule has 0 saturated carbocycles. The van der Waals surface area contributed by atoms with E-state index in [1.54, 1.807) is 4.68 Å². The summed E-state index contributed by atoms with van der Waals surface area (Å²) in [5.41, 5.74) is 3.76. The molecule has 0 aliphatic rings. The molecule has 2 N–H and O–H groups in total. The number of carbonyl (C=O) groups excluding carboxylic acids is 1. The van der Waals surface area contributed by atoms with Gasteiger partial charge in [0.1, 0.15) is 12.4 Å². The number of H-pyrrole nitrogens is 1. The third-order valence-electron chi connectivity index (χ3n) is 3.59. The highest BCUT2D eigenvalue weighted by Crippen LogP contribution is 2.15. The molecule has 0 aliphatic carbocycles. The van der Waals surface area contributed by atoms with Gasteiger partial charge in [0, 0.05) is 5.69 Å². The molecule has 22 heavy (non-hydrogen) atoms. The van der Waals surface area contributed by atoms with Crippen molar-refractivity contribution in [2.24, 2.45) is 0 Å². The van der Waals surface area contributed by atoms with Crippen molar-refractivity contribution in [1.29, 1.82) is 0 Å². The standard InChI is InChI=1S/C16H19N5O/c1-10-8-11(2)21(20-10)9-15(22)17-12(3)16-18-13-6-4-5-7-14(13)19-16/h4-8,12H,9H2,1-3H3,(H,17,22)(H,18,19)/t12-/m0/s1. The highest BCUT2D eigenvalue weighted by molar-refractivity contribution is 5.77. The minimum atomic E-state index is -0.183. The van der Waals surface area contributed by atoms with Crippen molar-refractivity contribution in [2.75, 3.05) is 0 Å². The zero-order valence-corrected chi connectivity index (χ0v) is 12.9. The number of aromatic amines is 1. The highest BCUT2D eigenvalue weighted by atomic mass is 16.2. The number of nitrogens with one attached hydrogen (secondary N) is 2. The highest BCUT2D eigenvalue weighted by Gasteiger charge is 2.14. The molecule has 1 atom stereocenters. The summed E-state index contributed by atoms with van der Waals surface area (Å²) in [7, 11) is 0. The second-order valence-corrected chi connectivity index (χ2v) is 5.51. The van der Waals surface area contributed by atoms with Crippen LogP contribution in [0.2, 0.25) is 0 Å². The van der Waals surface area contributed by atoms with Gasteiger partial charge in [0.15, 0.2) is 0 Å². The van der Waals surface area contributed by atoms with Crippen LogP contribution in [-0.2, 0) is 11.3 Å². The van der Waals surface area contributed by atoms with E-state index in [2.05, 4.69) is 20.4 Å². The Hall–Kier alpha value is -2.63. The van der Waals surface area contributed by atoms with E-state index in [1.165, 1.54) is 0 Å². The number of aromatic nitrogens is 4. The summed E-state index contributed by atoms with van der Waals surface area (Å²) in [6.45, 7) is 5.98. The van der Waals surface area contributed by atoms with Crippen LogP contribution in [0.4, 0.5) is 0 Å². The molecule has 1 aromatic carbocycles. The van der Waals surface area contributed by atoms with Crippen molar-refractivity contribution in [3.63, 3.8) is 0 Å². The van der Waals surface area contributed by atoms with Gasteiger partial charge in [0.2, 0.25) is 5.91 Å². The summed E-state index contributed by atoms with van der Waals surface area (Å²) < 4.78 is 1.70. The van der Waals surface area contributed by atoms with Crippen molar-refractivity contribution in [1.82, 2.24) is 25.1 Å². The zero-order valence-electron chi connectivity index (χ0n) is 12.9. The van der Waals surface area contributed by atoms with Crippen LogP contribution in [0.3, 0.4) is 0 Å². The average Bonchev–Trinajstić information content (AvgIpc) is 3.02. The van der Waals surface area contributed by atoms with Gasteiger partial charge in [-0.25, -0.2) is 4.98 Å². The molecule has 114 valence electrons. The molecule has 0 saturated heterocycles. The van der Waals surface area contributed by atoms with Crippen molar-refractivity contribution in [3.8, 4) is 0 Å². The molecule has 0 aliphatic heterocycles. The van der Waals surface area contributed by atoms with Gasteiger partial charge in [-0.05, 0) is 39.0 Å². The Bertz CT molecular complexity index is 784. The summed E-state index contributed by atoms with van der Waals surface area (Å²) >= 11 is 0. The van der Waals surface area contributed by atoms with Crippen LogP contribution in [-0.4, -0.2) is 25.7 Å². The summed E-state index contributed by atoms with van der Waals surface area (Å²) in [5.74, 6) is 0.669. The van der Waals surface area contributed by atoms with Crippen LogP contribution in [0.1, 0.15) is 30.2 Å². The zero-order chi connectivity index (χ0) is 15.7. The number of para-hydroxylation sites is 2. The summed E-state index contributed by atoms with van der Waals surface area (Å²) in [6, 6.07) is 9.58. The second kappa shape index (κ2) is 5.63. The van der Waals surface area contributed by atoms with Crippen LogP contribution < -0.4 is 5.32 Å². The third-order valence-corrected chi connectivity index (χ3v) is 3.59. The predicted octanol–water partition coefficient (Wildman–Crippen LogP) is 2.25. The first-order valence-electron chi connectivity index (χ1n) is 7.28. The second-order valence-electron chi connectivity index (χ2n) is 5.51. The molecule has 2 heterocycles. The Kier molecular flexibility index (Phi) is 3.66. The summed E-state index contributed by atoms with van der Waals surface area (Å²) in [4.78, 5) is 19.9. The van der Waals surface area contributed by atoms with E-state index >= 15 is 0 Å². The number of hydrogen-bond acceptors (Lipinski definition) is 3. The number of benzene rings is 1. The maximum absolute atomic E-state index is 12.2. The lowest BCUT2D eigenvalue weighted by molar-refractivity contribution is -0.122. The topological polar surface area (TPSA) is 75.6 Å². The number of aryl methyl sites for hydroxylation is 2. The van der Waals surface area contributed by atoms with E-state index in [9.17, 15) is 4.79 Å². The Balaban J connectivity index is 1.69. The normalized spacial score (nSPS) is 12.5. The molecule has 0 bridgehead atoms. The van der Waals surface area contributed by atoms with E-state index in [1.807, 2.05) is 51.1 Å². The smallest absolute Gasteiger partial charge is 0.242 e. The Morgan fingerprint density at radius 2 is 2.14 bits per heavy atom. The van der Waals surface area contributed by atoms with Gasteiger partial charge >= 0.3 is 0 Å². The lowest BCUT2D eigenvalue weighted by Gasteiger charge is -2.12. The van der Waals surface area contributed by atoms with E-state index in [-0.39, 0.29) is 18.5 Å². The van der Waals surface area contributed by atoms with Crippen LogP contribution in [0.15, 0.2) is 30.3 Å². The van der Waals surface area contributed by atoms with E-state index in [0.717, 1.165) is 28.2 Å². The molecule has 3 rings (SSSR count). The predicted molar refractivity (Wildman–Crippen MR) is 84.4 cm³/mol. The Morgan fingerprint density at radius 3 is 2.82 bits per heavy atom. The lowest BCUT2D eigenvalue weighted by atomic mass is 10.3. The Labute approximate surface area is 128 Å². The molecule has 1 amide bonds. The molecular weight excluding hydrogens is 278 g/mol. The molecule has 0 radical (unpaired) electrons. The number of fused-ring (bicyclic) bond motifs is 1. The quantitative estimate of drug-likeness (QED) is 0.775. The maximum Gasteiger partial charge on any atom is 0.242 e. The monoisotopic (exact) mass is 297 g/mol. The van der Waals surface area contributed by atoms with Crippen LogP contribution in [0, 0.1) is 13.8 Å². The molecule has 2 aromatic heterocycles. The largest absolute Gasteiger partial charge is 0.345 e. The lowest BCUT2D eigenvalue weighted by Crippen LogP contribution is -2.31. The van der Waals surface area contributed by atoms with E-state index in [4.69, 9.17) is 0 Å². The first-order valence-corrected chi connectivity index (χ1v) is 7.28. The fourth-order valence-corrected chi connectivity index (χ4v) is 2.50. The van der Waals surface area contributed by atoms with Gasteiger partial charge in [-0.1, -0.05) is 12.1 Å². The van der Waals surface area contributed by atoms with Gasteiger partial charge in [-0.2, -0.15) is 5.10 Å². The van der Waals surface area contributed by atoms with Crippen molar-refractivity contribution >= 4 is 16.9 Å². The number of imidazole rings is 1. The van der Waals surface area contributed by atoms with Crippen LogP contribution >= 0.6 is 0 Å². The third kappa shape index (κ3) is 2.86. The Morgan fingerprint density at radius 1 is 1.36 bits per heavy atom. The van der Waals surface area contributed by atoms with Gasteiger partial charge < -0.3 is 10.3 Å². The summed E-state index contributed by atoms with van der Waals surface area (Å²) in [5, 5.41) is 7.25. The molecule has 6 heteroatoms. The fraction of sp³-hybridized carbons (Fsp3) is 0.312. The molecule has 3 aromatic rings. The average molecular weight is 297 g/mol. The maximum atomic E-state index is 12.2. The van der Waals surface area contributed by atoms with Gasteiger partial charge in [0.05, 0.1) is 22.8 Å². The molecule has 0 fully saturated rings. The number of amides is 1. The first-order chi connectivity index (χ1) is 10.5. The molecule has 6 nitrogen and oxygen atoms in total. The van der Waals surface area contributed by atoms with Crippen LogP contribution in [0.5, 0.6) is 0 Å². The van der Waals surface area contributed by atoms with Crippen molar-refractivity contribution in [2.45, 2.75) is 33.4 Å². The minimum absolute atomic E-state index is 0.0841. The number of hydrogen-bond donors (Lipinski definition) is 2. The number of nitrogens with zero attached hydrogens (tertiary/aromatic N) is 3. The molecule has 0 spiro atoms. The van der Waals surface area contributed by atoms with Gasteiger partial charge in [-0.15, -0.1) is 0 Å².